The smallest absolute Gasteiger partial charge is 0.335 e. The van der Waals surface area contributed by atoms with Crippen molar-refractivity contribution < 1.29 is 19.4 Å². The maximum absolute atomic E-state index is 11.0. The molecule has 0 radical (unpaired) electrons. The molecule has 1 N–H and O–H groups in total. The summed E-state index contributed by atoms with van der Waals surface area (Å²) < 4.78 is 11.4. The van der Waals surface area contributed by atoms with Crippen LogP contribution in [-0.2, 0) is 4.74 Å². The molecule has 110 valence electrons. The summed E-state index contributed by atoms with van der Waals surface area (Å²) in [6.07, 6.45) is 0.0385. The van der Waals surface area contributed by atoms with Crippen LogP contribution in [0.4, 0.5) is 0 Å². The lowest BCUT2D eigenvalue weighted by Gasteiger charge is -2.32. The monoisotopic (exact) mass is 279 g/mol. The maximum atomic E-state index is 11.0. The molecule has 0 aliphatic carbocycles. The average molecular weight is 279 g/mol. The number of hydrogen-bond acceptors (Lipinski definition) is 4. The molecule has 0 aromatic heterocycles. The predicted molar refractivity (Wildman–Crippen MR) is 75.5 cm³/mol. The first-order chi connectivity index (χ1) is 9.60. The van der Waals surface area contributed by atoms with Crippen LogP contribution in [0.3, 0.4) is 0 Å². The summed E-state index contributed by atoms with van der Waals surface area (Å²) in [6.45, 7) is 8.02. The van der Waals surface area contributed by atoms with Crippen molar-refractivity contribution in [3.8, 4) is 5.75 Å². The van der Waals surface area contributed by atoms with E-state index < -0.39 is 5.97 Å². The Morgan fingerprint density at radius 1 is 1.55 bits per heavy atom. The zero-order valence-electron chi connectivity index (χ0n) is 12.0. The summed E-state index contributed by atoms with van der Waals surface area (Å²) in [4.78, 5) is 13.3. The molecule has 5 nitrogen and oxygen atoms in total. The molecule has 1 aliphatic rings. The molecule has 0 saturated carbocycles. The van der Waals surface area contributed by atoms with E-state index in [0.29, 0.717) is 12.4 Å². The highest BCUT2D eigenvalue weighted by Crippen LogP contribution is 2.20. The molecule has 1 unspecified atom stereocenters. The van der Waals surface area contributed by atoms with E-state index in [-0.39, 0.29) is 11.7 Å². The number of rotatable bonds is 5. The van der Waals surface area contributed by atoms with Gasteiger partial charge in [-0.1, -0.05) is 13.0 Å². The number of likely N-dealkylation sites (N-methyl/N-ethyl adjacent to an activating group) is 1. The molecule has 2 rings (SSSR count). The lowest BCUT2D eigenvalue weighted by molar-refractivity contribution is -0.0464. The Morgan fingerprint density at radius 2 is 2.35 bits per heavy atom. The van der Waals surface area contributed by atoms with Crippen LogP contribution in [0.5, 0.6) is 5.75 Å². The Hall–Kier alpha value is -1.59. The Balaban J connectivity index is 1.96. The van der Waals surface area contributed by atoms with E-state index in [0.717, 1.165) is 31.8 Å². The van der Waals surface area contributed by atoms with E-state index in [1.165, 1.54) is 0 Å². The van der Waals surface area contributed by atoms with Gasteiger partial charge in [-0.3, -0.25) is 4.90 Å². The van der Waals surface area contributed by atoms with Gasteiger partial charge < -0.3 is 14.6 Å². The number of carbonyl (C=O) groups is 1. The van der Waals surface area contributed by atoms with Gasteiger partial charge in [0.2, 0.25) is 0 Å². The van der Waals surface area contributed by atoms with Crippen molar-refractivity contribution in [1.82, 2.24) is 4.90 Å². The number of aryl methyl sites for hydroxylation is 1. The lowest BCUT2D eigenvalue weighted by Crippen LogP contribution is -2.44. The van der Waals surface area contributed by atoms with Crippen molar-refractivity contribution in [2.75, 3.05) is 32.8 Å². The number of ether oxygens (including phenoxy) is 2. The molecule has 1 atom stereocenters. The normalized spacial score (nSPS) is 19.8. The van der Waals surface area contributed by atoms with Gasteiger partial charge in [0.05, 0.1) is 12.2 Å². The fourth-order valence-corrected chi connectivity index (χ4v) is 2.24. The highest BCUT2D eigenvalue weighted by atomic mass is 16.5. The van der Waals surface area contributed by atoms with E-state index in [2.05, 4.69) is 11.8 Å². The molecule has 1 saturated heterocycles. The zero-order chi connectivity index (χ0) is 14.5. The Labute approximate surface area is 119 Å². The third kappa shape index (κ3) is 3.71. The Morgan fingerprint density at radius 3 is 3.05 bits per heavy atom. The average Bonchev–Trinajstić information content (AvgIpc) is 2.46. The van der Waals surface area contributed by atoms with Gasteiger partial charge in [-0.15, -0.1) is 0 Å². The van der Waals surface area contributed by atoms with Crippen LogP contribution in [0, 0.1) is 6.92 Å². The molecule has 20 heavy (non-hydrogen) atoms. The molecule has 1 fully saturated rings. The predicted octanol–water partition coefficient (Wildman–Crippen LogP) is 1.79. The highest BCUT2D eigenvalue weighted by molar-refractivity contribution is 5.88. The lowest BCUT2D eigenvalue weighted by atomic mass is 10.1. The number of carboxylic acids is 1. The third-order valence-corrected chi connectivity index (χ3v) is 3.53. The SMILES string of the molecule is CCN1CCOC(COc2cc(C(=O)O)ccc2C)C1. The first-order valence-electron chi connectivity index (χ1n) is 6.91. The standard InChI is InChI=1S/C15H21NO4/c1-3-16-6-7-19-13(9-16)10-20-14-8-12(15(17)18)5-4-11(14)2/h4-5,8,13H,3,6-7,9-10H2,1-2H3,(H,17,18). The van der Waals surface area contributed by atoms with E-state index in [9.17, 15) is 4.79 Å². The molecule has 0 spiro atoms. The van der Waals surface area contributed by atoms with Crippen LogP contribution in [0.15, 0.2) is 18.2 Å². The van der Waals surface area contributed by atoms with Crippen molar-refractivity contribution in [3.63, 3.8) is 0 Å². The van der Waals surface area contributed by atoms with Gasteiger partial charge in [-0.2, -0.15) is 0 Å². The minimum Gasteiger partial charge on any atom is -0.491 e. The summed E-state index contributed by atoms with van der Waals surface area (Å²) in [6, 6.07) is 4.91. The largest absolute Gasteiger partial charge is 0.491 e. The second-order valence-corrected chi connectivity index (χ2v) is 4.98. The van der Waals surface area contributed by atoms with Gasteiger partial charge in [0.25, 0.3) is 0 Å². The van der Waals surface area contributed by atoms with Crippen molar-refractivity contribution in [2.45, 2.75) is 20.0 Å². The number of benzene rings is 1. The second kappa shape index (κ2) is 6.72. The van der Waals surface area contributed by atoms with Gasteiger partial charge in [0, 0.05) is 13.1 Å². The van der Waals surface area contributed by atoms with Crippen molar-refractivity contribution in [3.05, 3.63) is 29.3 Å². The molecular formula is C15H21NO4. The molecule has 1 heterocycles. The third-order valence-electron chi connectivity index (χ3n) is 3.53. The van der Waals surface area contributed by atoms with Crippen LogP contribution >= 0.6 is 0 Å². The van der Waals surface area contributed by atoms with E-state index in [1.54, 1.807) is 18.2 Å². The fraction of sp³-hybridized carbons (Fsp3) is 0.533. The summed E-state index contributed by atoms with van der Waals surface area (Å²) in [7, 11) is 0. The molecule has 5 heteroatoms. The van der Waals surface area contributed by atoms with Crippen molar-refractivity contribution >= 4 is 5.97 Å². The quantitative estimate of drug-likeness (QED) is 0.890. The number of hydrogen-bond donors (Lipinski definition) is 1. The number of morpholine rings is 1. The fourth-order valence-electron chi connectivity index (χ4n) is 2.24. The number of nitrogens with zero attached hydrogens (tertiary/aromatic N) is 1. The summed E-state index contributed by atoms with van der Waals surface area (Å²) in [5.41, 5.74) is 1.17. The van der Waals surface area contributed by atoms with Gasteiger partial charge in [0.1, 0.15) is 18.5 Å². The molecule has 1 aliphatic heterocycles. The van der Waals surface area contributed by atoms with Crippen LogP contribution in [0.1, 0.15) is 22.8 Å². The van der Waals surface area contributed by atoms with Crippen LogP contribution in [0.2, 0.25) is 0 Å². The first kappa shape index (κ1) is 14.8. The summed E-state index contributed by atoms with van der Waals surface area (Å²) in [5, 5.41) is 9.00. The minimum absolute atomic E-state index is 0.0385. The van der Waals surface area contributed by atoms with Crippen LogP contribution < -0.4 is 4.74 Å². The van der Waals surface area contributed by atoms with Gasteiger partial charge in [-0.25, -0.2) is 4.79 Å². The van der Waals surface area contributed by atoms with Gasteiger partial charge >= 0.3 is 5.97 Å². The Kier molecular flexibility index (Phi) is 4.98. The van der Waals surface area contributed by atoms with Gasteiger partial charge in [0.15, 0.2) is 0 Å². The topological polar surface area (TPSA) is 59.0 Å². The highest BCUT2D eigenvalue weighted by Gasteiger charge is 2.20. The molecule has 0 bridgehead atoms. The van der Waals surface area contributed by atoms with E-state index in [4.69, 9.17) is 14.6 Å². The molecule has 0 amide bonds. The van der Waals surface area contributed by atoms with Crippen molar-refractivity contribution in [1.29, 1.82) is 0 Å². The maximum Gasteiger partial charge on any atom is 0.335 e. The number of aromatic carboxylic acids is 1. The van der Waals surface area contributed by atoms with E-state index >= 15 is 0 Å². The van der Waals surface area contributed by atoms with Crippen LogP contribution in [-0.4, -0.2) is 54.9 Å². The zero-order valence-corrected chi connectivity index (χ0v) is 12.0. The van der Waals surface area contributed by atoms with E-state index in [1.807, 2.05) is 6.92 Å². The summed E-state index contributed by atoms with van der Waals surface area (Å²) >= 11 is 0. The first-order valence-corrected chi connectivity index (χ1v) is 6.91. The van der Waals surface area contributed by atoms with Crippen LogP contribution in [0.25, 0.3) is 0 Å². The van der Waals surface area contributed by atoms with Gasteiger partial charge in [-0.05, 0) is 31.2 Å². The Bertz CT molecular complexity index is 475. The van der Waals surface area contributed by atoms with Crippen molar-refractivity contribution in [2.24, 2.45) is 0 Å². The minimum atomic E-state index is -0.944. The molecule has 1 aromatic rings. The molecule has 1 aromatic carbocycles. The second-order valence-electron chi connectivity index (χ2n) is 4.98. The summed E-state index contributed by atoms with van der Waals surface area (Å²) in [5.74, 6) is -0.331. The molecular weight excluding hydrogens is 258 g/mol. The number of carboxylic acid groups (broad SMARTS) is 1.